The van der Waals surface area contributed by atoms with E-state index in [4.69, 9.17) is 0 Å². The van der Waals surface area contributed by atoms with Crippen LogP contribution in [0.5, 0.6) is 0 Å². The van der Waals surface area contributed by atoms with E-state index in [2.05, 4.69) is 46.3 Å². The highest BCUT2D eigenvalue weighted by Crippen LogP contribution is 2.32. The Hall–Kier alpha value is -1.61. The topological polar surface area (TPSA) is 20.3 Å². The third-order valence-electron chi connectivity index (χ3n) is 3.74. The van der Waals surface area contributed by atoms with Gasteiger partial charge in [-0.05, 0) is 53.8 Å². The van der Waals surface area contributed by atoms with Crippen LogP contribution in [0.4, 0.5) is 5.69 Å². The van der Waals surface area contributed by atoms with Gasteiger partial charge in [-0.3, -0.25) is 4.79 Å². The van der Waals surface area contributed by atoms with Crippen LogP contribution in [-0.2, 0) is 11.2 Å². The molecular formula is C17H16BrNO. The number of benzene rings is 2. The predicted octanol–water partition coefficient (Wildman–Crippen LogP) is 4.42. The van der Waals surface area contributed by atoms with Gasteiger partial charge >= 0.3 is 0 Å². The van der Waals surface area contributed by atoms with E-state index >= 15 is 0 Å². The molecule has 1 heterocycles. The first-order chi connectivity index (χ1) is 9.65. The highest BCUT2D eigenvalue weighted by atomic mass is 79.9. The van der Waals surface area contributed by atoms with E-state index in [1.807, 2.05) is 17.0 Å². The molecule has 3 heteroatoms. The van der Waals surface area contributed by atoms with E-state index in [1.165, 1.54) is 16.7 Å². The van der Waals surface area contributed by atoms with Crippen LogP contribution in [-0.4, -0.2) is 12.5 Å². The van der Waals surface area contributed by atoms with Crippen LogP contribution < -0.4 is 4.90 Å². The first-order valence-corrected chi connectivity index (χ1v) is 7.61. The van der Waals surface area contributed by atoms with E-state index in [0.29, 0.717) is 0 Å². The maximum Gasteiger partial charge on any atom is 0.223 e. The summed E-state index contributed by atoms with van der Waals surface area (Å²) in [6, 6.07) is 14.7. The van der Waals surface area contributed by atoms with Gasteiger partial charge in [0.25, 0.3) is 0 Å². The molecule has 2 aromatic rings. The van der Waals surface area contributed by atoms with E-state index in [9.17, 15) is 4.79 Å². The van der Waals surface area contributed by atoms with Crippen molar-refractivity contribution in [1.82, 2.24) is 0 Å². The van der Waals surface area contributed by atoms with Crippen LogP contribution in [0, 0.1) is 0 Å². The Kier molecular flexibility index (Phi) is 3.62. The second-order valence-corrected chi connectivity index (χ2v) is 6.04. The Labute approximate surface area is 127 Å². The van der Waals surface area contributed by atoms with Crippen LogP contribution in [0.3, 0.4) is 0 Å². The highest BCUT2D eigenvalue weighted by molar-refractivity contribution is 9.10. The lowest BCUT2D eigenvalue weighted by atomic mass is 9.96. The highest BCUT2D eigenvalue weighted by Gasteiger charge is 2.20. The van der Waals surface area contributed by atoms with Crippen LogP contribution >= 0.6 is 15.9 Å². The zero-order chi connectivity index (χ0) is 14.1. The van der Waals surface area contributed by atoms with Gasteiger partial charge in [0.2, 0.25) is 5.91 Å². The van der Waals surface area contributed by atoms with Crippen molar-refractivity contribution in [2.24, 2.45) is 0 Å². The van der Waals surface area contributed by atoms with E-state index in [1.54, 1.807) is 6.92 Å². The van der Waals surface area contributed by atoms with Crippen molar-refractivity contribution in [3.05, 3.63) is 52.5 Å². The van der Waals surface area contributed by atoms with Crippen molar-refractivity contribution >= 4 is 27.5 Å². The average Bonchev–Trinajstić information content (AvgIpc) is 2.46. The summed E-state index contributed by atoms with van der Waals surface area (Å²) >= 11 is 3.51. The number of aryl methyl sites for hydroxylation is 1. The van der Waals surface area contributed by atoms with Crippen molar-refractivity contribution in [2.45, 2.75) is 19.8 Å². The number of carbonyl (C=O) groups excluding carboxylic acids is 1. The van der Waals surface area contributed by atoms with Gasteiger partial charge < -0.3 is 4.90 Å². The molecular weight excluding hydrogens is 314 g/mol. The van der Waals surface area contributed by atoms with Crippen molar-refractivity contribution in [2.75, 3.05) is 11.4 Å². The molecule has 0 unspecified atom stereocenters. The lowest BCUT2D eigenvalue weighted by Gasteiger charge is -2.29. The molecule has 0 fully saturated rings. The summed E-state index contributed by atoms with van der Waals surface area (Å²) in [7, 11) is 0. The van der Waals surface area contributed by atoms with Crippen LogP contribution in [0.25, 0.3) is 11.1 Å². The first-order valence-electron chi connectivity index (χ1n) is 6.82. The number of hydrogen-bond acceptors (Lipinski definition) is 1. The maximum atomic E-state index is 11.7. The summed E-state index contributed by atoms with van der Waals surface area (Å²) in [4.78, 5) is 13.6. The molecule has 0 aromatic heterocycles. The molecule has 1 amide bonds. The van der Waals surface area contributed by atoms with Crippen molar-refractivity contribution in [1.29, 1.82) is 0 Å². The van der Waals surface area contributed by atoms with E-state index in [-0.39, 0.29) is 5.91 Å². The van der Waals surface area contributed by atoms with Gasteiger partial charge in [0, 0.05) is 23.6 Å². The molecule has 102 valence electrons. The number of fused-ring (bicyclic) bond motifs is 1. The molecule has 0 spiro atoms. The SMILES string of the molecule is CC(=O)N1CCCc2cc(-c3cccc(Br)c3)ccc21. The van der Waals surface area contributed by atoms with Gasteiger partial charge in [-0.25, -0.2) is 0 Å². The fourth-order valence-corrected chi connectivity index (χ4v) is 3.17. The van der Waals surface area contributed by atoms with Crippen molar-refractivity contribution in [3.63, 3.8) is 0 Å². The second kappa shape index (κ2) is 5.41. The third kappa shape index (κ3) is 2.50. The molecule has 0 N–H and O–H groups in total. The van der Waals surface area contributed by atoms with Crippen LogP contribution in [0.1, 0.15) is 18.9 Å². The van der Waals surface area contributed by atoms with Gasteiger partial charge in [-0.1, -0.05) is 34.1 Å². The third-order valence-corrected chi connectivity index (χ3v) is 4.23. The molecule has 0 bridgehead atoms. The Morgan fingerprint density at radius 1 is 1.15 bits per heavy atom. The summed E-state index contributed by atoms with van der Waals surface area (Å²) in [5.74, 6) is 0.126. The molecule has 0 atom stereocenters. The molecule has 1 aliphatic heterocycles. The lowest BCUT2D eigenvalue weighted by molar-refractivity contribution is -0.116. The number of rotatable bonds is 1. The number of carbonyl (C=O) groups is 1. The Bertz CT molecular complexity index is 666. The fraction of sp³-hybridized carbons (Fsp3) is 0.235. The fourth-order valence-electron chi connectivity index (χ4n) is 2.77. The monoisotopic (exact) mass is 329 g/mol. The molecule has 0 saturated heterocycles. The standard InChI is InChI=1S/C17H16BrNO/c1-12(20)19-9-3-5-15-10-14(7-8-17(15)19)13-4-2-6-16(18)11-13/h2,4,6-8,10-11H,3,5,9H2,1H3. The summed E-state index contributed by atoms with van der Waals surface area (Å²) in [6.45, 7) is 2.47. The van der Waals surface area contributed by atoms with Crippen molar-refractivity contribution < 1.29 is 4.79 Å². The minimum Gasteiger partial charge on any atom is -0.312 e. The molecule has 0 saturated carbocycles. The molecule has 1 aliphatic rings. The predicted molar refractivity (Wildman–Crippen MR) is 85.9 cm³/mol. The summed E-state index contributed by atoms with van der Waals surface area (Å²) < 4.78 is 1.08. The molecule has 0 aliphatic carbocycles. The van der Waals surface area contributed by atoms with Crippen molar-refractivity contribution in [3.8, 4) is 11.1 Å². The Morgan fingerprint density at radius 2 is 1.95 bits per heavy atom. The minimum absolute atomic E-state index is 0.126. The minimum atomic E-state index is 0.126. The van der Waals surface area contributed by atoms with Gasteiger partial charge in [-0.15, -0.1) is 0 Å². The smallest absolute Gasteiger partial charge is 0.223 e. The van der Waals surface area contributed by atoms with E-state index in [0.717, 1.165) is 29.5 Å². The summed E-state index contributed by atoms with van der Waals surface area (Å²) in [5, 5.41) is 0. The first kappa shape index (κ1) is 13.4. The number of halogens is 1. The van der Waals surface area contributed by atoms with Crippen LogP contribution in [0.2, 0.25) is 0 Å². The van der Waals surface area contributed by atoms with Gasteiger partial charge in [0.05, 0.1) is 0 Å². The number of nitrogens with zero attached hydrogens (tertiary/aromatic N) is 1. The molecule has 0 radical (unpaired) electrons. The lowest BCUT2D eigenvalue weighted by Crippen LogP contribution is -2.33. The molecule has 2 nitrogen and oxygen atoms in total. The average molecular weight is 330 g/mol. The van der Waals surface area contributed by atoms with E-state index < -0.39 is 0 Å². The quantitative estimate of drug-likeness (QED) is 0.758. The normalized spacial score (nSPS) is 14.0. The Morgan fingerprint density at radius 3 is 2.70 bits per heavy atom. The number of amides is 1. The number of hydrogen-bond donors (Lipinski definition) is 0. The molecule has 2 aromatic carbocycles. The summed E-state index contributed by atoms with van der Waals surface area (Å²) in [5.41, 5.74) is 4.74. The largest absolute Gasteiger partial charge is 0.312 e. The van der Waals surface area contributed by atoms with Gasteiger partial charge in [0.1, 0.15) is 0 Å². The summed E-state index contributed by atoms with van der Waals surface area (Å²) in [6.07, 6.45) is 2.08. The van der Waals surface area contributed by atoms with Gasteiger partial charge in [-0.2, -0.15) is 0 Å². The Balaban J connectivity index is 2.03. The second-order valence-electron chi connectivity index (χ2n) is 5.13. The zero-order valence-electron chi connectivity index (χ0n) is 11.4. The van der Waals surface area contributed by atoms with Gasteiger partial charge in [0.15, 0.2) is 0 Å². The number of anilines is 1. The maximum absolute atomic E-state index is 11.7. The zero-order valence-corrected chi connectivity index (χ0v) is 13.0. The molecule has 20 heavy (non-hydrogen) atoms. The van der Waals surface area contributed by atoms with Crippen LogP contribution in [0.15, 0.2) is 46.9 Å². The molecule has 3 rings (SSSR count).